The number of nitrogens with one attached hydrogen (secondary N) is 1. The van der Waals surface area contributed by atoms with Crippen molar-refractivity contribution in [3.05, 3.63) is 42.5 Å². The van der Waals surface area contributed by atoms with Gasteiger partial charge in [-0.05, 0) is 29.3 Å². The number of rotatable bonds is 3. The summed E-state index contributed by atoms with van der Waals surface area (Å²) in [4.78, 5) is 2.52. The van der Waals surface area contributed by atoms with Crippen LogP contribution in [0.1, 0.15) is 19.8 Å². The Kier molecular flexibility index (Phi) is 3.69. The second kappa shape index (κ2) is 5.62. The van der Waals surface area contributed by atoms with Crippen molar-refractivity contribution in [2.24, 2.45) is 0 Å². The van der Waals surface area contributed by atoms with Crippen LogP contribution in [0.25, 0.3) is 10.8 Å². The molecule has 0 spiro atoms. The first-order chi connectivity index (χ1) is 9.36. The molecule has 100 valence electrons. The number of hydrogen-bond donors (Lipinski definition) is 1. The Balaban J connectivity index is 1.83. The minimum absolute atomic E-state index is 0.644. The van der Waals surface area contributed by atoms with E-state index in [4.69, 9.17) is 0 Å². The Bertz CT molecular complexity index is 548. The van der Waals surface area contributed by atoms with E-state index in [2.05, 4.69) is 59.6 Å². The minimum Gasteiger partial charge on any atom is -0.369 e. The van der Waals surface area contributed by atoms with Gasteiger partial charge in [0.05, 0.1) is 0 Å². The Hall–Kier alpha value is -1.54. The molecule has 0 aromatic heterocycles. The van der Waals surface area contributed by atoms with Crippen molar-refractivity contribution in [1.29, 1.82) is 0 Å². The third-order valence-electron chi connectivity index (χ3n) is 3.99. The van der Waals surface area contributed by atoms with Gasteiger partial charge < -0.3 is 10.2 Å². The summed E-state index contributed by atoms with van der Waals surface area (Å²) in [5.41, 5.74) is 1.36. The number of piperazine rings is 1. The van der Waals surface area contributed by atoms with Gasteiger partial charge in [-0.25, -0.2) is 0 Å². The molecule has 0 bridgehead atoms. The van der Waals surface area contributed by atoms with Crippen LogP contribution in [0.4, 0.5) is 5.69 Å². The SMILES string of the molecule is CCCC1CN(c2ccc3ccccc3c2)CCN1. The fourth-order valence-electron chi connectivity index (χ4n) is 2.98. The first-order valence-electron chi connectivity index (χ1n) is 7.34. The summed E-state index contributed by atoms with van der Waals surface area (Å²) in [6.45, 7) is 5.60. The maximum Gasteiger partial charge on any atom is 0.0373 e. The normalized spacial score (nSPS) is 19.8. The average molecular weight is 254 g/mol. The standard InChI is InChI=1S/C17H22N2/c1-2-5-16-13-19(11-10-18-16)17-9-8-14-6-3-4-7-15(14)12-17/h3-4,6-9,12,16,18H,2,5,10-11,13H2,1H3. The van der Waals surface area contributed by atoms with E-state index in [9.17, 15) is 0 Å². The van der Waals surface area contributed by atoms with Crippen LogP contribution in [-0.2, 0) is 0 Å². The van der Waals surface area contributed by atoms with E-state index < -0.39 is 0 Å². The van der Waals surface area contributed by atoms with Gasteiger partial charge in [-0.2, -0.15) is 0 Å². The lowest BCUT2D eigenvalue weighted by atomic mass is 10.1. The van der Waals surface area contributed by atoms with Gasteiger partial charge in [0.1, 0.15) is 0 Å². The van der Waals surface area contributed by atoms with Gasteiger partial charge in [-0.3, -0.25) is 0 Å². The first kappa shape index (κ1) is 12.5. The van der Waals surface area contributed by atoms with Crippen molar-refractivity contribution >= 4 is 16.5 Å². The number of fused-ring (bicyclic) bond motifs is 1. The Morgan fingerprint density at radius 1 is 1.16 bits per heavy atom. The van der Waals surface area contributed by atoms with Crippen molar-refractivity contribution in [2.45, 2.75) is 25.8 Å². The molecule has 1 heterocycles. The predicted octanol–water partition coefficient (Wildman–Crippen LogP) is 3.42. The highest BCUT2D eigenvalue weighted by molar-refractivity contribution is 5.85. The van der Waals surface area contributed by atoms with Crippen molar-refractivity contribution in [3.63, 3.8) is 0 Å². The van der Waals surface area contributed by atoms with Crippen LogP contribution in [0, 0.1) is 0 Å². The molecule has 1 unspecified atom stereocenters. The maximum atomic E-state index is 3.62. The van der Waals surface area contributed by atoms with E-state index in [0.717, 1.165) is 19.6 Å². The third kappa shape index (κ3) is 2.74. The zero-order valence-corrected chi connectivity index (χ0v) is 11.6. The van der Waals surface area contributed by atoms with Gasteiger partial charge in [-0.1, -0.05) is 43.7 Å². The smallest absolute Gasteiger partial charge is 0.0373 e. The fraction of sp³-hybridized carbons (Fsp3) is 0.412. The average Bonchev–Trinajstić information content (AvgIpc) is 2.47. The molecular formula is C17H22N2. The molecule has 1 aliphatic heterocycles. The molecule has 3 rings (SSSR count). The second-order valence-electron chi connectivity index (χ2n) is 5.42. The van der Waals surface area contributed by atoms with Crippen LogP contribution < -0.4 is 10.2 Å². The number of anilines is 1. The molecule has 0 radical (unpaired) electrons. The quantitative estimate of drug-likeness (QED) is 0.903. The van der Waals surface area contributed by atoms with Crippen LogP contribution in [0.3, 0.4) is 0 Å². The topological polar surface area (TPSA) is 15.3 Å². The fourth-order valence-corrected chi connectivity index (χ4v) is 2.98. The molecule has 1 fully saturated rings. The second-order valence-corrected chi connectivity index (χ2v) is 5.42. The van der Waals surface area contributed by atoms with Crippen molar-refractivity contribution < 1.29 is 0 Å². The van der Waals surface area contributed by atoms with Gasteiger partial charge in [0.2, 0.25) is 0 Å². The zero-order valence-electron chi connectivity index (χ0n) is 11.6. The summed E-state index contributed by atoms with van der Waals surface area (Å²) in [6.07, 6.45) is 2.52. The van der Waals surface area contributed by atoms with Crippen molar-refractivity contribution in [2.75, 3.05) is 24.5 Å². The number of nitrogens with zero attached hydrogens (tertiary/aromatic N) is 1. The largest absolute Gasteiger partial charge is 0.369 e. The molecule has 0 amide bonds. The van der Waals surface area contributed by atoms with E-state index in [1.54, 1.807) is 0 Å². The van der Waals surface area contributed by atoms with Crippen LogP contribution in [0.5, 0.6) is 0 Å². The Labute approximate surface area is 115 Å². The molecule has 19 heavy (non-hydrogen) atoms. The highest BCUT2D eigenvalue weighted by Gasteiger charge is 2.18. The van der Waals surface area contributed by atoms with Crippen LogP contribution in [-0.4, -0.2) is 25.7 Å². The highest BCUT2D eigenvalue weighted by atomic mass is 15.2. The monoisotopic (exact) mass is 254 g/mol. The van der Waals surface area contributed by atoms with Gasteiger partial charge in [-0.15, -0.1) is 0 Å². The van der Waals surface area contributed by atoms with Gasteiger partial charge in [0.15, 0.2) is 0 Å². The third-order valence-corrected chi connectivity index (χ3v) is 3.99. The van der Waals surface area contributed by atoms with Gasteiger partial charge >= 0.3 is 0 Å². The zero-order chi connectivity index (χ0) is 13.1. The summed E-state index contributed by atoms with van der Waals surface area (Å²) in [5, 5.41) is 6.28. The van der Waals surface area contributed by atoms with E-state index in [-0.39, 0.29) is 0 Å². The lowest BCUT2D eigenvalue weighted by Crippen LogP contribution is -2.50. The van der Waals surface area contributed by atoms with Crippen molar-refractivity contribution in [3.8, 4) is 0 Å². The molecule has 2 nitrogen and oxygen atoms in total. The molecule has 2 heteroatoms. The minimum atomic E-state index is 0.644. The molecule has 2 aromatic rings. The van der Waals surface area contributed by atoms with Crippen LogP contribution >= 0.6 is 0 Å². The van der Waals surface area contributed by atoms with Crippen LogP contribution in [0.15, 0.2) is 42.5 Å². The van der Waals surface area contributed by atoms with Crippen LogP contribution in [0.2, 0.25) is 0 Å². The Morgan fingerprint density at radius 2 is 2.00 bits per heavy atom. The predicted molar refractivity (Wildman–Crippen MR) is 82.9 cm³/mol. The Morgan fingerprint density at radius 3 is 2.84 bits per heavy atom. The molecule has 2 aromatic carbocycles. The summed E-state index contributed by atoms with van der Waals surface area (Å²) in [7, 11) is 0. The number of benzene rings is 2. The van der Waals surface area contributed by atoms with Gasteiger partial charge in [0.25, 0.3) is 0 Å². The maximum absolute atomic E-state index is 3.62. The van der Waals surface area contributed by atoms with Crippen molar-refractivity contribution in [1.82, 2.24) is 5.32 Å². The summed E-state index contributed by atoms with van der Waals surface area (Å²) >= 11 is 0. The van der Waals surface area contributed by atoms with E-state index >= 15 is 0 Å². The van der Waals surface area contributed by atoms with E-state index in [1.165, 1.54) is 29.3 Å². The molecule has 1 saturated heterocycles. The molecule has 1 aliphatic rings. The summed E-state index contributed by atoms with van der Waals surface area (Å²) in [6, 6.07) is 16.1. The lowest BCUT2D eigenvalue weighted by Gasteiger charge is -2.35. The van der Waals surface area contributed by atoms with E-state index in [1.807, 2.05) is 0 Å². The summed E-state index contributed by atoms with van der Waals surface area (Å²) in [5.74, 6) is 0. The number of hydrogen-bond acceptors (Lipinski definition) is 2. The van der Waals surface area contributed by atoms with Gasteiger partial charge in [0, 0.05) is 31.4 Å². The molecule has 0 saturated carbocycles. The van der Waals surface area contributed by atoms with E-state index in [0.29, 0.717) is 6.04 Å². The molecular weight excluding hydrogens is 232 g/mol. The first-order valence-corrected chi connectivity index (χ1v) is 7.34. The molecule has 1 N–H and O–H groups in total. The summed E-state index contributed by atoms with van der Waals surface area (Å²) < 4.78 is 0. The molecule has 1 atom stereocenters. The molecule has 0 aliphatic carbocycles. The highest BCUT2D eigenvalue weighted by Crippen LogP contribution is 2.23. The lowest BCUT2D eigenvalue weighted by molar-refractivity contribution is 0.431.